The Morgan fingerprint density at radius 1 is 0.949 bits per heavy atom. The zero-order valence-electron chi connectivity index (χ0n) is 21.1. The first-order valence-electron chi connectivity index (χ1n) is 12.8. The third-order valence-electron chi connectivity index (χ3n) is 6.94. The summed E-state index contributed by atoms with van der Waals surface area (Å²) in [7, 11) is 0. The summed E-state index contributed by atoms with van der Waals surface area (Å²) in [5.74, 6) is -0.546. The zero-order valence-corrected chi connectivity index (χ0v) is 21.1. The van der Waals surface area contributed by atoms with Gasteiger partial charge in [-0.05, 0) is 41.3 Å². The number of hydrogen-bond acceptors (Lipinski definition) is 4. The fourth-order valence-electron chi connectivity index (χ4n) is 4.76. The van der Waals surface area contributed by atoms with Crippen LogP contribution >= 0.6 is 0 Å². The minimum atomic E-state index is -4.47. The highest BCUT2D eigenvalue weighted by atomic mass is 19.4. The molecule has 39 heavy (non-hydrogen) atoms. The van der Waals surface area contributed by atoms with Crippen LogP contribution in [0.25, 0.3) is 10.9 Å². The normalized spacial score (nSPS) is 15.3. The highest BCUT2D eigenvalue weighted by molar-refractivity contribution is 6.00. The van der Waals surface area contributed by atoms with E-state index in [1.165, 1.54) is 6.07 Å². The first-order chi connectivity index (χ1) is 18.8. The van der Waals surface area contributed by atoms with Crippen molar-refractivity contribution < 1.29 is 22.8 Å². The number of pyridine rings is 1. The molecule has 5 rings (SSSR count). The average molecular weight is 536 g/mol. The lowest BCUT2D eigenvalue weighted by Gasteiger charge is -2.36. The van der Waals surface area contributed by atoms with Crippen molar-refractivity contribution in [2.75, 3.05) is 32.7 Å². The van der Waals surface area contributed by atoms with Crippen molar-refractivity contribution >= 4 is 22.7 Å². The van der Waals surface area contributed by atoms with Gasteiger partial charge in [-0.3, -0.25) is 14.5 Å². The number of amides is 2. The quantitative estimate of drug-likeness (QED) is 0.367. The smallest absolute Gasteiger partial charge is 0.361 e. The third-order valence-corrected chi connectivity index (χ3v) is 6.94. The van der Waals surface area contributed by atoms with Crippen molar-refractivity contribution in [1.29, 1.82) is 0 Å². The second-order valence-electron chi connectivity index (χ2n) is 9.53. The SMILES string of the molecule is O=C(N[C@@H](C(=O)N1CCN(CCc2cccc(C(F)(F)F)n2)CC1)c1ccccc1)c1ccc2cc[nH]c2c1. The summed E-state index contributed by atoms with van der Waals surface area (Å²) in [6.45, 7) is 2.58. The largest absolute Gasteiger partial charge is 0.433 e. The lowest BCUT2D eigenvalue weighted by molar-refractivity contribution is -0.141. The van der Waals surface area contributed by atoms with Crippen LogP contribution in [0.1, 0.15) is 33.4 Å². The molecule has 3 heterocycles. The fraction of sp³-hybridized carbons (Fsp3) is 0.276. The number of carbonyl (C=O) groups excluding carboxylic acids is 2. The molecule has 7 nitrogen and oxygen atoms in total. The summed E-state index contributed by atoms with van der Waals surface area (Å²) < 4.78 is 38.9. The number of aromatic nitrogens is 2. The summed E-state index contributed by atoms with van der Waals surface area (Å²) in [5.41, 5.74) is 1.47. The van der Waals surface area contributed by atoms with E-state index >= 15 is 0 Å². The molecule has 2 amide bonds. The summed E-state index contributed by atoms with van der Waals surface area (Å²) in [5, 5.41) is 3.91. The van der Waals surface area contributed by atoms with Crippen LogP contribution in [0.3, 0.4) is 0 Å². The summed E-state index contributed by atoms with van der Waals surface area (Å²) in [4.78, 5) is 37.4. The van der Waals surface area contributed by atoms with Crippen LogP contribution in [0.5, 0.6) is 0 Å². The van der Waals surface area contributed by atoms with Gasteiger partial charge in [0.2, 0.25) is 5.91 Å². The van der Waals surface area contributed by atoms with Crippen LogP contribution in [-0.4, -0.2) is 64.3 Å². The number of carbonyl (C=O) groups is 2. The predicted molar refractivity (Wildman–Crippen MR) is 141 cm³/mol. The molecule has 0 spiro atoms. The molecule has 0 radical (unpaired) electrons. The standard InChI is InChI=1S/C29H28F3N5O2/c30-29(31,32)25-8-4-7-23(34-25)12-14-36-15-17-37(18-16-36)28(39)26(21-5-2-1-3-6-21)35-27(38)22-10-9-20-11-13-33-24(20)19-22/h1-11,13,19,26,33H,12,14-18H2,(H,35,38)/t26-/m1/s1. The Hall–Kier alpha value is -4.18. The molecule has 2 N–H and O–H groups in total. The van der Waals surface area contributed by atoms with E-state index < -0.39 is 17.9 Å². The molecule has 0 aliphatic carbocycles. The lowest BCUT2D eigenvalue weighted by atomic mass is 10.0. The summed E-state index contributed by atoms with van der Waals surface area (Å²) in [6, 6.07) is 19.5. The number of fused-ring (bicyclic) bond motifs is 1. The number of nitrogens with zero attached hydrogens (tertiary/aromatic N) is 3. The maximum atomic E-state index is 13.6. The Balaban J connectivity index is 1.22. The number of H-pyrrole nitrogens is 1. The molecule has 1 aliphatic heterocycles. The summed E-state index contributed by atoms with van der Waals surface area (Å²) >= 11 is 0. The topological polar surface area (TPSA) is 81.3 Å². The second-order valence-corrected chi connectivity index (χ2v) is 9.53. The van der Waals surface area contributed by atoms with Crippen molar-refractivity contribution in [3.05, 3.63) is 102 Å². The Labute approximate surface area is 223 Å². The molecular weight excluding hydrogens is 507 g/mol. The van der Waals surface area contributed by atoms with Crippen LogP contribution in [-0.2, 0) is 17.4 Å². The van der Waals surface area contributed by atoms with Crippen LogP contribution in [0.15, 0.2) is 79.0 Å². The first-order valence-corrected chi connectivity index (χ1v) is 12.8. The highest BCUT2D eigenvalue weighted by Gasteiger charge is 2.33. The molecule has 1 fully saturated rings. The average Bonchev–Trinajstić information content (AvgIpc) is 3.43. The predicted octanol–water partition coefficient (Wildman–Crippen LogP) is 4.44. The molecule has 10 heteroatoms. The van der Waals surface area contributed by atoms with E-state index in [9.17, 15) is 22.8 Å². The molecular formula is C29H28F3N5O2. The van der Waals surface area contributed by atoms with E-state index in [2.05, 4.69) is 20.2 Å². The Morgan fingerprint density at radius 3 is 2.46 bits per heavy atom. The van der Waals surface area contributed by atoms with Gasteiger partial charge in [-0.1, -0.05) is 42.5 Å². The van der Waals surface area contributed by atoms with Crippen molar-refractivity contribution in [3.63, 3.8) is 0 Å². The van der Waals surface area contributed by atoms with E-state index in [1.807, 2.05) is 42.5 Å². The van der Waals surface area contributed by atoms with Gasteiger partial charge < -0.3 is 15.2 Å². The van der Waals surface area contributed by atoms with Crippen molar-refractivity contribution in [2.45, 2.75) is 18.6 Å². The number of piperazine rings is 1. The number of benzene rings is 2. The molecule has 0 saturated carbocycles. The number of alkyl halides is 3. The van der Waals surface area contributed by atoms with Gasteiger partial charge in [-0.15, -0.1) is 0 Å². The number of aromatic amines is 1. The molecule has 202 valence electrons. The fourth-order valence-corrected chi connectivity index (χ4v) is 4.76. The highest BCUT2D eigenvalue weighted by Crippen LogP contribution is 2.27. The van der Waals surface area contributed by atoms with Crippen molar-refractivity contribution in [1.82, 2.24) is 25.1 Å². The molecule has 0 unspecified atom stereocenters. The first kappa shape index (κ1) is 26.4. The van der Waals surface area contributed by atoms with Crippen molar-refractivity contribution in [3.8, 4) is 0 Å². The van der Waals surface area contributed by atoms with Gasteiger partial charge in [0.05, 0.1) is 0 Å². The molecule has 4 aromatic rings. The molecule has 1 saturated heterocycles. The Kier molecular flexibility index (Phi) is 7.65. The minimum Gasteiger partial charge on any atom is -0.361 e. The maximum Gasteiger partial charge on any atom is 0.433 e. The molecule has 2 aromatic heterocycles. The number of rotatable bonds is 7. The van der Waals surface area contributed by atoms with E-state index in [-0.39, 0.29) is 11.8 Å². The second kappa shape index (κ2) is 11.3. The maximum absolute atomic E-state index is 13.6. The van der Waals surface area contributed by atoms with Gasteiger partial charge >= 0.3 is 6.18 Å². The number of halogens is 3. The number of nitrogens with one attached hydrogen (secondary N) is 2. The van der Waals surface area contributed by atoms with Crippen LogP contribution < -0.4 is 5.32 Å². The van der Waals surface area contributed by atoms with Gasteiger partial charge in [0.25, 0.3) is 5.91 Å². The Bertz CT molecular complexity index is 1450. The molecule has 2 aromatic carbocycles. The van der Waals surface area contributed by atoms with Gasteiger partial charge in [0.1, 0.15) is 11.7 Å². The van der Waals surface area contributed by atoms with Crippen molar-refractivity contribution in [2.24, 2.45) is 0 Å². The van der Waals surface area contributed by atoms with Gasteiger partial charge in [0.15, 0.2) is 0 Å². The van der Waals surface area contributed by atoms with Gasteiger partial charge in [-0.2, -0.15) is 13.2 Å². The van der Waals surface area contributed by atoms with Gasteiger partial charge in [0, 0.05) is 62.1 Å². The van der Waals surface area contributed by atoms with Crippen LogP contribution in [0.2, 0.25) is 0 Å². The van der Waals surface area contributed by atoms with E-state index in [1.54, 1.807) is 29.3 Å². The summed E-state index contributed by atoms with van der Waals surface area (Å²) in [6.07, 6.45) is -2.29. The minimum absolute atomic E-state index is 0.199. The molecule has 1 aliphatic rings. The van der Waals surface area contributed by atoms with Crippen LogP contribution in [0, 0.1) is 0 Å². The zero-order chi connectivity index (χ0) is 27.4. The van der Waals surface area contributed by atoms with Crippen LogP contribution in [0.4, 0.5) is 13.2 Å². The third kappa shape index (κ3) is 6.28. The molecule has 0 bridgehead atoms. The van der Waals surface area contributed by atoms with Gasteiger partial charge in [-0.25, -0.2) is 4.98 Å². The lowest BCUT2D eigenvalue weighted by Crippen LogP contribution is -2.52. The number of hydrogen-bond donors (Lipinski definition) is 2. The monoisotopic (exact) mass is 535 g/mol. The molecule has 1 atom stereocenters. The Morgan fingerprint density at radius 2 is 1.72 bits per heavy atom. The van der Waals surface area contributed by atoms with E-state index in [0.29, 0.717) is 56.0 Å². The van der Waals surface area contributed by atoms with E-state index in [0.717, 1.165) is 17.0 Å². The van der Waals surface area contributed by atoms with E-state index in [4.69, 9.17) is 0 Å².